The van der Waals surface area contributed by atoms with Gasteiger partial charge in [-0.15, -0.1) is 0 Å². The molecule has 0 aliphatic carbocycles. The summed E-state index contributed by atoms with van der Waals surface area (Å²) in [4.78, 5) is 6.15. The van der Waals surface area contributed by atoms with Gasteiger partial charge in [-0.1, -0.05) is 31.1 Å². The van der Waals surface area contributed by atoms with Crippen LogP contribution < -0.4 is 5.32 Å². The van der Waals surface area contributed by atoms with E-state index in [1.54, 1.807) is 6.07 Å². The van der Waals surface area contributed by atoms with E-state index in [2.05, 4.69) is 15.5 Å². The Morgan fingerprint density at radius 1 is 1.33 bits per heavy atom. The minimum atomic E-state index is -0.198. The lowest BCUT2D eigenvalue weighted by Gasteiger charge is -2.11. The number of nitrogens with zero attached hydrogens (tertiary/aromatic N) is 3. The van der Waals surface area contributed by atoms with Crippen molar-refractivity contribution in [1.29, 1.82) is 0 Å². The van der Waals surface area contributed by atoms with Crippen LogP contribution >= 0.6 is 0 Å². The third kappa shape index (κ3) is 4.26. The standard InChI is InChI=1S/C15H21FN4O/c1-10(2)14-18-15(21-19-14)17-8-11-5-6-12(9-20(3)4)13(16)7-11/h5-7,10H,8-9H2,1-4H3,(H,17,18,19). The van der Waals surface area contributed by atoms with Crippen LogP contribution in [0.25, 0.3) is 0 Å². The smallest absolute Gasteiger partial charge is 0.321 e. The van der Waals surface area contributed by atoms with E-state index in [1.807, 2.05) is 38.9 Å². The van der Waals surface area contributed by atoms with E-state index in [0.29, 0.717) is 30.5 Å². The van der Waals surface area contributed by atoms with E-state index in [-0.39, 0.29) is 11.7 Å². The largest absolute Gasteiger partial charge is 0.334 e. The van der Waals surface area contributed by atoms with E-state index in [4.69, 9.17) is 4.52 Å². The zero-order chi connectivity index (χ0) is 15.4. The number of aromatic nitrogens is 2. The highest BCUT2D eigenvalue weighted by molar-refractivity contribution is 5.28. The molecule has 0 saturated heterocycles. The molecule has 6 heteroatoms. The summed E-state index contributed by atoms with van der Waals surface area (Å²) in [6.45, 7) is 5.01. The zero-order valence-electron chi connectivity index (χ0n) is 12.9. The normalized spacial score (nSPS) is 11.4. The molecule has 1 aromatic carbocycles. The van der Waals surface area contributed by atoms with Crippen LogP contribution in [0.15, 0.2) is 22.7 Å². The van der Waals surface area contributed by atoms with Gasteiger partial charge in [-0.25, -0.2) is 4.39 Å². The molecule has 0 spiro atoms. The number of benzene rings is 1. The predicted octanol–water partition coefficient (Wildman–Crippen LogP) is 3.01. The Bertz CT molecular complexity index is 595. The van der Waals surface area contributed by atoms with Crippen LogP contribution in [0, 0.1) is 5.82 Å². The van der Waals surface area contributed by atoms with Crippen LogP contribution in [0.3, 0.4) is 0 Å². The second-order valence-corrected chi connectivity index (χ2v) is 5.63. The fourth-order valence-electron chi connectivity index (χ4n) is 1.89. The number of anilines is 1. The van der Waals surface area contributed by atoms with Gasteiger partial charge in [-0.3, -0.25) is 0 Å². The summed E-state index contributed by atoms with van der Waals surface area (Å²) in [5.41, 5.74) is 1.52. The molecule has 2 aromatic rings. The lowest BCUT2D eigenvalue weighted by atomic mass is 10.1. The Hall–Kier alpha value is -1.95. The van der Waals surface area contributed by atoms with Crippen molar-refractivity contribution in [2.24, 2.45) is 0 Å². The maximum atomic E-state index is 13.9. The lowest BCUT2D eigenvalue weighted by Crippen LogP contribution is -2.12. The monoisotopic (exact) mass is 292 g/mol. The topological polar surface area (TPSA) is 54.2 Å². The molecular weight excluding hydrogens is 271 g/mol. The van der Waals surface area contributed by atoms with E-state index in [0.717, 1.165) is 5.56 Å². The molecule has 0 unspecified atom stereocenters. The summed E-state index contributed by atoms with van der Waals surface area (Å²) in [5.74, 6) is 0.675. The molecular formula is C15H21FN4O. The van der Waals surface area contributed by atoms with E-state index >= 15 is 0 Å². The van der Waals surface area contributed by atoms with Gasteiger partial charge in [-0.2, -0.15) is 4.98 Å². The summed E-state index contributed by atoms with van der Waals surface area (Å²) >= 11 is 0. The molecule has 0 fully saturated rings. The quantitative estimate of drug-likeness (QED) is 0.887. The van der Waals surface area contributed by atoms with Gasteiger partial charge in [0, 0.05) is 24.6 Å². The zero-order valence-corrected chi connectivity index (χ0v) is 12.9. The van der Waals surface area contributed by atoms with E-state index in [9.17, 15) is 4.39 Å². The highest BCUT2D eigenvalue weighted by atomic mass is 19.1. The maximum absolute atomic E-state index is 13.9. The second kappa shape index (κ2) is 6.67. The second-order valence-electron chi connectivity index (χ2n) is 5.63. The van der Waals surface area contributed by atoms with Crippen molar-refractivity contribution in [2.45, 2.75) is 32.9 Å². The fraction of sp³-hybridized carbons (Fsp3) is 0.467. The SMILES string of the molecule is CC(C)c1noc(NCc2ccc(CN(C)C)c(F)c2)n1. The molecule has 1 heterocycles. The first-order valence-electron chi connectivity index (χ1n) is 6.95. The molecule has 1 aromatic heterocycles. The molecule has 0 saturated carbocycles. The Morgan fingerprint density at radius 3 is 2.67 bits per heavy atom. The summed E-state index contributed by atoms with van der Waals surface area (Å²) in [7, 11) is 3.83. The summed E-state index contributed by atoms with van der Waals surface area (Å²) in [5, 5.41) is 6.87. The van der Waals surface area contributed by atoms with Crippen LogP contribution in [0.2, 0.25) is 0 Å². The van der Waals surface area contributed by atoms with Gasteiger partial charge in [0.25, 0.3) is 0 Å². The molecule has 2 rings (SSSR count). The highest BCUT2D eigenvalue weighted by Crippen LogP contribution is 2.15. The van der Waals surface area contributed by atoms with Crippen molar-refractivity contribution >= 4 is 6.01 Å². The number of nitrogens with one attached hydrogen (secondary N) is 1. The number of hydrogen-bond acceptors (Lipinski definition) is 5. The van der Waals surface area contributed by atoms with Crippen LogP contribution in [0.5, 0.6) is 0 Å². The molecule has 0 radical (unpaired) electrons. The number of halogens is 1. The van der Waals surface area contributed by atoms with Crippen LogP contribution in [-0.4, -0.2) is 29.1 Å². The van der Waals surface area contributed by atoms with Crippen molar-refractivity contribution in [1.82, 2.24) is 15.0 Å². The Labute approximate surface area is 124 Å². The molecule has 1 N–H and O–H groups in total. The average Bonchev–Trinajstić information content (AvgIpc) is 2.88. The molecule has 21 heavy (non-hydrogen) atoms. The minimum Gasteiger partial charge on any atom is -0.334 e. The van der Waals surface area contributed by atoms with E-state index in [1.165, 1.54) is 6.07 Å². The van der Waals surface area contributed by atoms with Crippen molar-refractivity contribution < 1.29 is 8.91 Å². The van der Waals surface area contributed by atoms with Crippen LogP contribution in [0.1, 0.15) is 36.7 Å². The number of hydrogen-bond donors (Lipinski definition) is 1. The van der Waals surface area contributed by atoms with Crippen LogP contribution in [0.4, 0.5) is 10.4 Å². The molecule has 0 amide bonds. The Balaban J connectivity index is 1.98. The molecule has 0 aliphatic rings. The van der Waals surface area contributed by atoms with Crippen LogP contribution in [-0.2, 0) is 13.1 Å². The third-order valence-corrected chi connectivity index (χ3v) is 3.01. The molecule has 0 atom stereocenters. The predicted molar refractivity (Wildman–Crippen MR) is 79.5 cm³/mol. The highest BCUT2D eigenvalue weighted by Gasteiger charge is 2.10. The van der Waals surface area contributed by atoms with Gasteiger partial charge < -0.3 is 14.7 Å². The van der Waals surface area contributed by atoms with Gasteiger partial charge in [0.05, 0.1) is 0 Å². The first-order valence-corrected chi connectivity index (χ1v) is 6.95. The first-order chi connectivity index (χ1) is 9.95. The first kappa shape index (κ1) is 15.4. The van der Waals surface area contributed by atoms with Gasteiger partial charge in [0.2, 0.25) is 0 Å². The summed E-state index contributed by atoms with van der Waals surface area (Å²) < 4.78 is 19.0. The number of rotatable bonds is 6. The fourth-order valence-corrected chi connectivity index (χ4v) is 1.89. The van der Waals surface area contributed by atoms with Gasteiger partial charge in [-0.05, 0) is 25.7 Å². The van der Waals surface area contributed by atoms with Crippen molar-refractivity contribution in [3.63, 3.8) is 0 Å². The summed E-state index contributed by atoms with van der Waals surface area (Å²) in [6.07, 6.45) is 0. The van der Waals surface area contributed by atoms with Crippen molar-refractivity contribution in [3.05, 3.63) is 41.0 Å². The van der Waals surface area contributed by atoms with Gasteiger partial charge >= 0.3 is 6.01 Å². The Morgan fingerprint density at radius 2 is 2.10 bits per heavy atom. The molecule has 0 bridgehead atoms. The molecule has 5 nitrogen and oxygen atoms in total. The molecule has 114 valence electrons. The Kier molecular flexibility index (Phi) is 4.90. The molecule has 0 aliphatic heterocycles. The van der Waals surface area contributed by atoms with Crippen molar-refractivity contribution in [2.75, 3.05) is 19.4 Å². The lowest BCUT2D eigenvalue weighted by molar-refractivity contribution is 0.392. The maximum Gasteiger partial charge on any atom is 0.321 e. The summed E-state index contributed by atoms with van der Waals surface area (Å²) in [6, 6.07) is 5.59. The minimum absolute atomic E-state index is 0.198. The van der Waals surface area contributed by atoms with Gasteiger partial charge in [0.1, 0.15) is 5.82 Å². The van der Waals surface area contributed by atoms with E-state index < -0.39 is 0 Å². The third-order valence-electron chi connectivity index (χ3n) is 3.01. The average molecular weight is 292 g/mol. The van der Waals surface area contributed by atoms with Gasteiger partial charge in [0.15, 0.2) is 5.82 Å². The van der Waals surface area contributed by atoms with Crippen molar-refractivity contribution in [3.8, 4) is 0 Å².